The van der Waals surface area contributed by atoms with E-state index >= 15 is 0 Å². The van der Waals surface area contributed by atoms with Crippen molar-refractivity contribution in [1.82, 2.24) is 5.32 Å². The third-order valence-corrected chi connectivity index (χ3v) is 2.48. The monoisotopic (exact) mass is 156 g/mol. The average Bonchev–Trinajstić information content (AvgIpc) is 2.80. The molecule has 2 heteroatoms. The molecule has 1 aliphatic carbocycles. The maximum Gasteiger partial charge on any atom is -0.00175 e. The molecule has 1 aliphatic rings. The normalized spacial score (nSPS) is 20.2. The fourth-order valence-corrected chi connectivity index (χ4v) is 1.62. The lowest BCUT2D eigenvalue weighted by Gasteiger charge is -2.14. The zero-order chi connectivity index (χ0) is 8.10. The molecule has 0 aromatic carbocycles. The van der Waals surface area contributed by atoms with E-state index in [9.17, 15) is 0 Å². The van der Waals surface area contributed by atoms with Gasteiger partial charge < -0.3 is 11.1 Å². The molecule has 66 valence electrons. The number of rotatable bonds is 6. The first kappa shape index (κ1) is 9.01. The molecule has 1 unspecified atom stereocenters. The summed E-state index contributed by atoms with van der Waals surface area (Å²) in [6.07, 6.45) is 4.09. The molecule has 1 rings (SSSR count). The van der Waals surface area contributed by atoms with Gasteiger partial charge in [0, 0.05) is 0 Å². The highest BCUT2D eigenvalue weighted by molar-refractivity contribution is 4.82. The lowest BCUT2D eigenvalue weighted by molar-refractivity contribution is 0.408. The first-order chi connectivity index (χ1) is 5.38. The number of hydrogen-bond acceptors (Lipinski definition) is 2. The van der Waals surface area contributed by atoms with Gasteiger partial charge in [-0.25, -0.2) is 0 Å². The first-order valence-corrected chi connectivity index (χ1v) is 4.79. The Morgan fingerprint density at radius 2 is 2.27 bits per heavy atom. The molecule has 2 nitrogen and oxygen atoms in total. The lowest BCUT2D eigenvalue weighted by atomic mass is 10.00. The predicted molar refractivity (Wildman–Crippen MR) is 48.4 cm³/mol. The summed E-state index contributed by atoms with van der Waals surface area (Å²) in [4.78, 5) is 0. The summed E-state index contributed by atoms with van der Waals surface area (Å²) in [6, 6.07) is 0. The molecule has 0 amide bonds. The summed E-state index contributed by atoms with van der Waals surface area (Å²) in [5, 5.41) is 3.40. The van der Waals surface area contributed by atoms with Crippen molar-refractivity contribution in [3.05, 3.63) is 0 Å². The van der Waals surface area contributed by atoms with Crippen molar-refractivity contribution in [2.75, 3.05) is 19.6 Å². The summed E-state index contributed by atoms with van der Waals surface area (Å²) < 4.78 is 0. The maximum atomic E-state index is 5.54. The Hall–Kier alpha value is -0.0800. The van der Waals surface area contributed by atoms with Crippen LogP contribution in [-0.4, -0.2) is 19.6 Å². The summed E-state index contributed by atoms with van der Waals surface area (Å²) in [5.74, 6) is 1.86. The molecule has 0 spiro atoms. The van der Waals surface area contributed by atoms with Gasteiger partial charge in [0.1, 0.15) is 0 Å². The molecular weight excluding hydrogens is 136 g/mol. The minimum atomic E-state index is 0.854. The van der Waals surface area contributed by atoms with E-state index in [0.29, 0.717) is 0 Å². The van der Waals surface area contributed by atoms with Gasteiger partial charge in [-0.05, 0) is 50.7 Å². The SMILES string of the molecule is CCNCC(CCN)C1CC1. The van der Waals surface area contributed by atoms with Crippen LogP contribution in [-0.2, 0) is 0 Å². The van der Waals surface area contributed by atoms with Crippen LogP contribution in [0.5, 0.6) is 0 Å². The van der Waals surface area contributed by atoms with E-state index in [1.165, 1.54) is 25.8 Å². The van der Waals surface area contributed by atoms with Gasteiger partial charge in [0.05, 0.1) is 0 Å². The highest BCUT2D eigenvalue weighted by atomic mass is 14.8. The Morgan fingerprint density at radius 1 is 1.55 bits per heavy atom. The summed E-state index contributed by atoms with van der Waals surface area (Å²) in [6.45, 7) is 5.28. The van der Waals surface area contributed by atoms with Crippen LogP contribution in [0.3, 0.4) is 0 Å². The Balaban J connectivity index is 2.10. The Labute approximate surface area is 69.5 Å². The van der Waals surface area contributed by atoms with Crippen LogP contribution in [0.2, 0.25) is 0 Å². The molecule has 0 aromatic rings. The molecule has 0 bridgehead atoms. The van der Waals surface area contributed by atoms with Crippen LogP contribution in [0.4, 0.5) is 0 Å². The average molecular weight is 156 g/mol. The van der Waals surface area contributed by atoms with Gasteiger partial charge in [0.15, 0.2) is 0 Å². The lowest BCUT2D eigenvalue weighted by Crippen LogP contribution is -2.25. The van der Waals surface area contributed by atoms with Crippen molar-refractivity contribution in [2.24, 2.45) is 17.6 Å². The van der Waals surface area contributed by atoms with E-state index in [4.69, 9.17) is 5.73 Å². The van der Waals surface area contributed by atoms with Crippen LogP contribution < -0.4 is 11.1 Å². The van der Waals surface area contributed by atoms with Crippen molar-refractivity contribution in [2.45, 2.75) is 26.2 Å². The van der Waals surface area contributed by atoms with Gasteiger partial charge >= 0.3 is 0 Å². The van der Waals surface area contributed by atoms with Gasteiger partial charge in [-0.15, -0.1) is 0 Å². The number of nitrogens with one attached hydrogen (secondary N) is 1. The van der Waals surface area contributed by atoms with E-state index < -0.39 is 0 Å². The van der Waals surface area contributed by atoms with E-state index in [1.807, 2.05) is 0 Å². The second kappa shape index (κ2) is 4.73. The summed E-state index contributed by atoms with van der Waals surface area (Å²) in [7, 11) is 0. The summed E-state index contributed by atoms with van der Waals surface area (Å²) in [5.41, 5.74) is 5.54. The molecule has 1 atom stereocenters. The third-order valence-electron chi connectivity index (χ3n) is 2.48. The Bertz CT molecular complexity index is 99.7. The molecular formula is C9H20N2. The largest absolute Gasteiger partial charge is 0.330 e. The van der Waals surface area contributed by atoms with Crippen molar-refractivity contribution in [3.63, 3.8) is 0 Å². The van der Waals surface area contributed by atoms with Crippen molar-refractivity contribution < 1.29 is 0 Å². The van der Waals surface area contributed by atoms with Crippen molar-refractivity contribution >= 4 is 0 Å². The molecule has 0 saturated heterocycles. The standard InChI is InChI=1S/C9H20N2/c1-2-11-7-9(5-6-10)8-3-4-8/h8-9,11H,2-7,10H2,1H3. The van der Waals surface area contributed by atoms with Crippen LogP contribution in [0.25, 0.3) is 0 Å². The smallest absolute Gasteiger partial charge is 0.00175 e. The van der Waals surface area contributed by atoms with Crippen LogP contribution in [0, 0.1) is 11.8 Å². The van der Waals surface area contributed by atoms with Crippen molar-refractivity contribution in [1.29, 1.82) is 0 Å². The Morgan fingerprint density at radius 3 is 2.73 bits per heavy atom. The quantitative estimate of drug-likeness (QED) is 0.601. The predicted octanol–water partition coefficient (Wildman–Crippen LogP) is 0.971. The zero-order valence-corrected chi connectivity index (χ0v) is 7.47. The molecule has 0 heterocycles. The molecule has 1 fully saturated rings. The van der Waals surface area contributed by atoms with Gasteiger partial charge in [-0.3, -0.25) is 0 Å². The van der Waals surface area contributed by atoms with Gasteiger partial charge in [0.25, 0.3) is 0 Å². The molecule has 3 N–H and O–H groups in total. The van der Waals surface area contributed by atoms with E-state index in [2.05, 4.69) is 12.2 Å². The summed E-state index contributed by atoms with van der Waals surface area (Å²) >= 11 is 0. The molecule has 1 saturated carbocycles. The second-order valence-corrected chi connectivity index (χ2v) is 3.48. The van der Waals surface area contributed by atoms with Gasteiger partial charge in [-0.2, -0.15) is 0 Å². The highest BCUT2D eigenvalue weighted by Crippen LogP contribution is 2.37. The number of hydrogen-bond donors (Lipinski definition) is 2. The van der Waals surface area contributed by atoms with Gasteiger partial charge in [-0.1, -0.05) is 6.92 Å². The molecule has 11 heavy (non-hydrogen) atoms. The van der Waals surface area contributed by atoms with Gasteiger partial charge in [0.2, 0.25) is 0 Å². The minimum Gasteiger partial charge on any atom is -0.330 e. The fraction of sp³-hybridized carbons (Fsp3) is 1.00. The van der Waals surface area contributed by atoms with E-state index in [0.717, 1.165) is 24.9 Å². The molecule has 0 aromatic heterocycles. The number of nitrogens with two attached hydrogens (primary N) is 1. The van der Waals surface area contributed by atoms with Crippen LogP contribution in [0.15, 0.2) is 0 Å². The zero-order valence-electron chi connectivity index (χ0n) is 7.47. The topological polar surface area (TPSA) is 38.0 Å². The third kappa shape index (κ3) is 3.21. The highest BCUT2D eigenvalue weighted by Gasteiger charge is 2.29. The maximum absolute atomic E-state index is 5.54. The first-order valence-electron chi connectivity index (χ1n) is 4.79. The molecule has 0 aliphatic heterocycles. The Kier molecular flexibility index (Phi) is 3.87. The van der Waals surface area contributed by atoms with Crippen LogP contribution in [0.1, 0.15) is 26.2 Å². The van der Waals surface area contributed by atoms with E-state index in [-0.39, 0.29) is 0 Å². The molecule has 0 radical (unpaired) electrons. The van der Waals surface area contributed by atoms with Crippen molar-refractivity contribution in [3.8, 4) is 0 Å². The van der Waals surface area contributed by atoms with Crippen LogP contribution >= 0.6 is 0 Å². The minimum absolute atomic E-state index is 0.854. The second-order valence-electron chi connectivity index (χ2n) is 3.48. The van der Waals surface area contributed by atoms with E-state index in [1.54, 1.807) is 0 Å². The fourth-order valence-electron chi connectivity index (χ4n) is 1.62.